The standard InChI is InChI=1S/C20H29FN4O3.HI/c1-2-22-20(23-13-15-5-6-17(21)16(12-15)14-26)25-9-7-24(8-10-25)19(27)18-4-3-11-28-18;/h5-6,12,18,26H,2-4,7-11,13-14H2,1H3,(H,22,23);1H. The molecule has 9 heteroatoms. The monoisotopic (exact) mass is 520 g/mol. The van der Waals surface area contributed by atoms with Crippen molar-refractivity contribution >= 4 is 35.8 Å². The number of hydrogen-bond acceptors (Lipinski definition) is 4. The van der Waals surface area contributed by atoms with Crippen molar-refractivity contribution in [3.63, 3.8) is 0 Å². The third-order valence-electron chi connectivity index (χ3n) is 5.12. The second-order valence-corrected chi connectivity index (χ2v) is 7.07. The number of carbonyl (C=O) groups excluding carboxylic acids is 1. The van der Waals surface area contributed by atoms with Gasteiger partial charge in [-0.1, -0.05) is 6.07 Å². The minimum atomic E-state index is -0.408. The Kier molecular flexibility index (Phi) is 9.57. The van der Waals surface area contributed by atoms with Crippen LogP contribution in [0.5, 0.6) is 0 Å². The van der Waals surface area contributed by atoms with E-state index in [1.807, 2.05) is 11.8 Å². The summed E-state index contributed by atoms with van der Waals surface area (Å²) in [4.78, 5) is 21.2. The molecule has 2 heterocycles. The molecule has 162 valence electrons. The van der Waals surface area contributed by atoms with Gasteiger partial charge in [-0.05, 0) is 37.5 Å². The number of guanidine groups is 1. The van der Waals surface area contributed by atoms with Crippen molar-refractivity contribution in [2.75, 3.05) is 39.3 Å². The smallest absolute Gasteiger partial charge is 0.251 e. The fraction of sp³-hybridized carbons (Fsp3) is 0.600. The van der Waals surface area contributed by atoms with Gasteiger partial charge < -0.3 is 25.0 Å². The molecule has 0 spiro atoms. The number of ether oxygens (including phenoxy) is 1. The Bertz CT molecular complexity index is 705. The molecular formula is C20H30FIN4O3. The van der Waals surface area contributed by atoms with E-state index in [1.165, 1.54) is 6.07 Å². The summed E-state index contributed by atoms with van der Waals surface area (Å²) >= 11 is 0. The van der Waals surface area contributed by atoms with E-state index in [9.17, 15) is 14.3 Å². The fourth-order valence-electron chi connectivity index (χ4n) is 3.55. The van der Waals surface area contributed by atoms with Crippen LogP contribution in [0.15, 0.2) is 23.2 Å². The topological polar surface area (TPSA) is 77.4 Å². The van der Waals surface area contributed by atoms with Gasteiger partial charge in [0.1, 0.15) is 11.9 Å². The molecule has 2 saturated heterocycles. The molecule has 2 aliphatic heterocycles. The Morgan fingerprint density at radius 2 is 2.03 bits per heavy atom. The minimum absolute atomic E-state index is 0. The molecule has 3 rings (SSSR count). The van der Waals surface area contributed by atoms with Crippen LogP contribution in [0.3, 0.4) is 0 Å². The molecule has 1 atom stereocenters. The number of amides is 1. The van der Waals surface area contributed by atoms with Crippen molar-refractivity contribution in [3.05, 3.63) is 35.1 Å². The normalized spacial score (nSPS) is 19.8. The molecule has 0 aliphatic carbocycles. The summed E-state index contributed by atoms with van der Waals surface area (Å²) < 4.78 is 19.0. The third-order valence-corrected chi connectivity index (χ3v) is 5.12. The Labute approximate surface area is 188 Å². The maximum absolute atomic E-state index is 13.5. The largest absolute Gasteiger partial charge is 0.392 e. The highest BCUT2D eigenvalue weighted by atomic mass is 127. The molecular weight excluding hydrogens is 490 g/mol. The van der Waals surface area contributed by atoms with Crippen molar-refractivity contribution in [2.45, 2.75) is 39.0 Å². The maximum Gasteiger partial charge on any atom is 0.251 e. The number of aliphatic imine (C=N–C) groups is 1. The van der Waals surface area contributed by atoms with Crippen LogP contribution in [0.25, 0.3) is 0 Å². The maximum atomic E-state index is 13.5. The van der Waals surface area contributed by atoms with Crippen LogP contribution in [0.2, 0.25) is 0 Å². The number of nitrogens with zero attached hydrogens (tertiary/aromatic N) is 3. The molecule has 0 aromatic heterocycles. The van der Waals surface area contributed by atoms with Crippen molar-refractivity contribution < 1.29 is 19.0 Å². The van der Waals surface area contributed by atoms with Crippen LogP contribution >= 0.6 is 24.0 Å². The second kappa shape index (κ2) is 11.7. The predicted molar refractivity (Wildman–Crippen MR) is 120 cm³/mol. The number of piperazine rings is 1. The van der Waals surface area contributed by atoms with Gasteiger partial charge >= 0.3 is 0 Å². The van der Waals surface area contributed by atoms with Crippen molar-refractivity contribution in [1.29, 1.82) is 0 Å². The lowest BCUT2D eigenvalue weighted by Crippen LogP contribution is -2.55. The zero-order valence-electron chi connectivity index (χ0n) is 16.8. The zero-order chi connectivity index (χ0) is 19.9. The molecule has 1 aromatic rings. The Balaban J connectivity index is 0.00000300. The van der Waals surface area contributed by atoms with Gasteiger partial charge in [0.05, 0.1) is 13.2 Å². The number of nitrogens with one attached hydrogen (secondary N) is 1. The number of aliphatic hydroxyl groups excluding tert-OH is 1. The molecule has 7 nitrogen and oxygen atoms in total. The number of halogens is 2. The van der Waals surface area contributed by atoms with E-state index in [4.69, 9.17) is 4.74 Å². The van der Waals surface area contributed by atoms with E-state index < -0.39 is 5.82 Å². The lowest BCUT2D eigenvalue weighted by Gasteiger charge is -2.37. The first-order valence-corrected chi connectivity index (χ1v) is 9.94. The van der Waals surface area contributed by atoms with Crippen molar-refractivity contribution in [3.8, 4) is 0 Å². The van der Waals surface area contributed by atoms with Crippen LogP contribution < -0.4 is 5.32 Å². The van der Waals surface area contributed by atoms with E-state index in [1.54, 1.807) is 12.1 Å². The molecule has 0 bridgehead atoms. The lowest BCUT2D eigenvalue weighted by atomic mass is 10.1. The summed E-state index contributed by atoms with van der Waals surface area (Å²) in [6.45, 7) is 6.19. The summed E-state index contributed by atoms with van der Waals surface area (Å²) in [7, 11) is 0. The minimum Gasteiger partial charge on any atom is -0.392 e. The highest BCUT2D eigenvalue weighted by molar-refractivity contribution is 14.0. The summed E-state index contributed by atoms with van der Waals surface area (Å²) in [6, 6.07) is 4.68. The first-order chi connectivity index (χ1) is 13.6. The zero-order valence-corrected chi connectivity index (χ0v) is 19.1. The predicted octanol–water partition coefficient (Wildman–Crippen LogP) is 1.72. The summed E-state index contributed by atoms with van der Waals surface area (Å²) in [5.41, 5.74) is 1.12. The number of rotatable bonds is 5. The Morgan fingerprint density at radius 1 is 1.31 bits per heavy atom. The van der Waals surface area contributed by atoms with Crippen LogP contribution in [-0.4, -0.2) is 72.2 Å². The highest BCUT2D eigenvalue weighted by Gasteiger charge is 2.30. The first-order valence-electron chi connectivity index (χ1n) is 9.94. The van der Waals surface area contributed by atoms with E-state index in [2.05, 4.69) is 15.2 Å². The van der Waals surface area contributed by atoms with Crippen LogP contribution in [-0.2, 0) is 22.7 Å². The quantitative estimate of drug-likeness (QED) is 0.352. The first kappa shape index (κ1) is 23.8. The summed E-state index contributed by atoms with van der Waals surface area (Å²) in [5.74, 6) is 0.470. The van der Waals surface area contributed by atoms with Gasteiger partial charge in [-0.15, -0.1) is 24.0 Å². The van der Waals surface area contributed by atoms with E-state index in [-0.39, 0.29) is 48.2 Å². The van der Waals surface area contributed by atoms with Crippen molar-refractivity contribution in [1.82, 2.24) is 15.1 Å². The van der Waals surface area contributed by atoms with E-state index in [0.29, 0.717) is 39.3 Å². The number of hydrogen-bond donors (Lipinski definition) is 2. The summed E-state index contributed by atoms with van der Waals surface area (Å²) in [5, 5.41) is 12.5. The number of benzene rings is 1. The van der Waals surface area contributed by atoms with Gasteiger partial charge in [0.2, 0.25) is 0 Å². The molecule has 29 heavy (non-hydrogen) atoms. The molecule has 1 amide bonds. The second-order valence-electron chi connectivity index (χ2n) is 7.07. The molecule has 1 aromatic carbocycles. The van der Waals surface area contributed by atoms with Crippen molar-refractivity contribution in [2.24, 2.45) is 4.99 Å². The SMILES string of the molecule is CCNC(=NCc1ccc(F)c(CO)c1)N1CCN(C(=O)C2CCCO2)CC1.I. The number of carbonyl (C=O) groups is 1. The molecule has 0 radical (unpaired) electrons. The van der Waals surface area contributed by atoms with Crippen LogP contribution in [0, 0.1) is 5.82 Å². The van der Waals surface area contributed by atoms with Gasteiger partial charge in [-0.2, -0.15) is 0 Å². The van der Waals surface area contributed by atoms with Gasteiger partial charge in [0, 0.05) is 44.9 Å². The van der Waals surface area contributed by atoms with E-state index >= 15 is 0 Å². The average molecular weight is 520 g/mol. The highest BCUT2D eigenvalue weighted by Crippen LogP contribution is 2.16. The number of aliphatic hydroxyl groups is 1. The lowest BCUT2D eigenvalue weighted by molar-refractivity contribution is -0.142. The third kappa shape index (κ3) is 6.26. The molecule has 2 aliphatic rings. The van der Waals surface area contributed by atoms with E-state index in [0.717, 1.165) is 30.9 Å². The Hall–Kier alpha value is -1.46. The fourth-order valence-corrected chi connectivity index (χ4v) is 3.55. The average Bonchev–Trinajstić information content (AvgIpc) is 3.26. The van der Waals surface area contributed by atoms with Crippen LogP contribution in [0.4, 0.5) is 4.39 Å². The van der Waals surface area contributed by atoms with Gasteiger partial charge in [-0.3, -0.25) is 4.79 Å². The molecule has 0 saturated carbocycles. The van der Waals surface area contributed by atoms with Crippen LogP contribution in [0.1, 0.15) is 30.9 Å². The van der Waals surface area contributed by atoms with Gasteiger partial charge in [-0.25, -0.2) is 9.38 Å². The van der Waals surface area contributed by atoms with Gasteiger partial charge in [0.25, 0.3) is 5.91 Å². The molecule has 2 fully saturated rings. The summed E-state index contributed by atoms with van der Waals surface area (Å²) in [6.07, 6.45) is 1.50. The molecule has 1 unspecified atom stereocenters. The molecule has 2 N–H and O–H groups in total. The Morgan fingerprint density at radius 3 is 2.66 bits per heavy atom. The van der Waals surface area contributed by atoms with Gasteiger partial charge in [0.15, 0.2) is 5.96 Å².